The van der Waals surface area contributed by atoms with Crippen LogP contribution < -0.4 is 26.7 Å². The highest BCUT2D eigenvalue weighted by Crippen LogP contribution is 2.35. The van der Waals surface area contributed by atoms with Crippen molar-refractivity contribution in [1.82, 2.24) is 0 Å². The number of allylic oxidation sites excluding steroid dienone is 3. The Morgan fingerprint density at radius 3 is 2.68 bits per heavy atom. The van der Waals surface area contributed by atoms with Crippen molar-refractivity contribution in [3.8, 4) is 11.5 Å². The Kier molecular flexibility index (Phi) is 7.04. The molecule has 0 saturated heterocycles. The van der Waals surface area contributed by atoms with Crippen molar-refractivity contribution in [3.05, 3.63) is 48.6 Å². The van der Waals surface area contributed by atoms with Gasteiger partial charge in [0.2, 0.25) is 12.8 Å². The molecule has 0 saturated carbocycles. The first kappa shape index (κ1) is 17.1. The van der Waals surface area contributed by atoms with Gasteiger partial charge in [-0.1, -0.05) is 36.9 Å². The van der Waals surface area contributed by atoms with Crippen LogP contribution in [-0.2, 0) is 6.54 Å². The van der Waals surface area contributed by atoms with Crippen LogP contribution in [0.15, 0.2) is 53.0 Å². The van der Waals surface area contributed by atoms with Gasteiger partial charge >= 0.3 is 0 Å². The standard InChI is InChI=1S/C10H13N5O2.C5H8/c11-9(12)15-10(13)14-4-6-2-1-3-7-8(6)17-5-16-7;1-3-5-4-2/h1-3H,4-5H2,(H6,11,12,13,14,15);3-5H,1H2,2H3/b;5-4-. The predicted octanol–water partition coefficient (Wildman–Crippen LogP) is 1.25. The molecule has 0 aliphatic carbocycles. The molecule has 0 unspecified atom stereocenters. The number of para-hydroxylation sites is 1. The van der Waals surface area contributed by atoms with E-state index < -0.39 is 0 Å². The van der Waals surface area contributed by atoms with Crippen molar-refractivity contribution in [1.29, 1.82) is 0 Å². The molecule has 1 aromatic carbocycles. The fraction of sp³-hybridized carbons (Fsp3) is 0.200. The van der Waals surface area contributed by atoms with Crippen LogP contribution in [0.25, 0.3) is 0 Å². The van der Waals surface area contributed by atoms with Crippen LogP contribution in [0, 0.1) is 0 Å². The van der Waals surface area contributed by atoms with Gasteiger partial charge in [0.05, 0.1) is 6.54 Å². The third-order valence-electron chi connectivity index (χ3n) is 2.46. The minimum absolute atomic E-state index is 0.0292. The lowest BCUT2D eigenvalue weighted by Gasteiger charge is -2.02. The van der Waals surface area contributed by atoms with E-state index in [0.717, 1.165) is 5.56 Å². The summed E-state index contributed by atoms with van der Waals surface area (Å²) in [5.41, 5.74) is 16.7. The highest BCUT2D eigenvalue weighted by atomic mass is 16.7. The van der Waals surface area contributed by atoms with Crippen molar-refractivity contribution in [2.75, 3.05) is 6.79 Å². The molecular weight excluding hydrogens is 282 g/mol. The van der Waals surface area contributed by atoms with Gasteiger partial charge in [0, 0.05) is 5.56 Å². The molecule has 0 atom stereocenters. The molecule has 118 valence electrons. The smallest absolute Gasteiger partial charge is 0.231 e. The van der Waals surface area contributed by atoms with Crippen LogP contribution in [-0.4, -0.2) is 18.7 Å². The molecule has 22 heavy (non-hydrogen) atoms. The summed E-state index contributed by atoms with van der Waals surface area (Å²) in [6.07, 6.45) is 5.58. The third kappa shape index (κ3) is 5.58. The summed E-state index contributed by atoms with van der Waals surface area (Å²) in [4.78, 5) is 7.64. The molecule has 0 radical (unpaired) electrons. The van der Waals surface area contributed by atoms with Crippen molar-refractivity contribution in [3.63, 3.8) is 0 Å². The second-order valence-electron chi connectivity index (χ2n) is 4.12. The van der Waals surface area contributed by atoms with Crippen molar-refractivity contribution >= 4 is 11.9 Å². The number of fused-ring (bicyclic) bond motifs is 1. The number of guanidine groups is 2. The predicted molar refractivity (Wildman–Crippen MR) is 88.7 cm³/mol. The molecular formula is C15H21N5O2. The lowest BCUT2D eigenvalue weighted by molar-refractivity contribution is 0.173. The largest absolute Gasteiger partial charge is 0.454 e. The number of nitrogens with two attached hydrogens (primary N) is 3. The maximum atomic E-state index is 5.50. The maximum absolute atomic E-state index is 5.50. The second-order valence-corrected chi connectivity index (χ2v) is 4.12. The van der Waals surface area contributed by atoms with E-state index in [1.807, 2.05) is 37.3 Å². The van der Waals surface area contributed by atoms with Crippen LogP contribution in [0.5, 0.6) is 11.5 Å². The van der Waals surface area contributed by atoms with Crippen LogP contribution in [0.2, 0.25) is 0 Å². The first-order valence-electron chi connectivity index (χ1n) is 6.59. The van der Waals surface area contributed by atoms with Crippen LogP contribution in [0.3, 0.4) is 0 Å². The lowest BCUT2D eigenvalue weighted by atomic mass is 10.2. The number of aliphatic imine (C=N–C) groups is 2. The molecule has 7 heteroatoms. The topological polar surface area (TPSA) is 121 Å². The van der Waals surface area contributed by atoms with E-state index in [9.17, 15) is 0 Å². The Balaban J connectivity index is 0.000000422. The van der Waals surface area contributed by atoms with Gasteiger partial charge in [-0.25, -0.2) is 4.99 Å². The highest BCUT2D eigenvalue weighted by molar-refractivity contribution is 5.92. The van der Waals surface area contributed by atoms with Crippen LogP contribution >= 0.6 is 0 Å². The zero-order valence-corrected chi connectivity index (χ0v) is 12.5. The molecule has 2 rings (SSSR count). The Hall–Kier alpha value is -2.96. The molecule has 0 amide bonds. The molecule has 6 N–H and O–H groups in total. The molecule has 7 nitrogen and oxygen atoms in total. The zero-order chi connectivity index (χ0) is 16.4. The first-order chi connectivity index (χ1) is 10.6. The van der Waals surface area contributed by atoms with Gasteiger partial charge in [0.25, 0.3) is 0 Å². The fourth-order valence-electron chi connectivity index (χ4n) is 1.59. The molecule has 0 spiro atoms. The van der Waals surface area contributed by atoms with Crippen molar-refractivity contribution < 1.29 is 9.47 Å². The van der Waals surface area contributed by atoms with Gasteiger partial charge in [-0.05, 0) is 13.0 Å². The summed E-state index contributed by atoms with van der Waals surface area (Å²) in [6.45, 7) is 5.97. The number of benzene rings is 1. The van der Waals surface area contributed by atoms with Gasteiger partial charge in [-0.15, -0.1) is 0 Å². The van der Waals surface area contributed by atoms with Crippen molar-refractivity contribution in [2.24, 2.45) is 27.2 Å². The number of nitrogens with zero attached hydrogens (tertiary/aromatic N) is 2. The Morgan fingerprint density at radius 1 is 1.32 bits per heavy atom. The minimum atomic E-state index is -0.121. The third-order valence-corrected chi connectivity index (χ3v) is 2.46. The van der Waals surface area contributed by atoms with E-state index in [2.05, 4.69) is 16.6 Å². The average molecular weight is 303 g/mol. The van der Waals surface area contributed by atoms with Gasteiger partial charge in [-0.3, -0.25) is 0 Å². The Morgan fingerprint density at radius 2 is 2.09 bits per heavy atom. The number of ether oxygens (including phenoxy) is 2. The Labute approximate surface area is 129 Å². The summed E-state index contributed by atoms with van der Waals surface area (Å²) in [5.74, 6) is 1.30. The number of hydrogen-bond donors (Lipinski definition) is 3. The monoisotopic (exact) mass is 303 g/mol. The Bertz CT molecular complexity index is 590. The molecule has 0 bridgehead atoms. The van der Waals surface area contributed by atoms with E-state index in [1.165, 1.54) is 0 Å². The molecule has 0 fully saturated rings. The summed E-state index contributed by atoms with van der Waals surface area (Å²) < 4.78 is 10.6. The number of rotatable bonds is 3. The normalized spacial score (nSPS) is 12.5. The molecule has 1 heterocycles. The molecule has 0 aromatic heterocycles. The summed E-state index contributed by atoms with van der Waals surface area (Å²) >= 11 is 0. The summed E-state index contributed by atoms with van der Waals surface area (Å²) in [7, 11) is 0. The van der Waals surface area contributed by atoms with E-state index >= 15 is 0 Å². The van der Waals surface area contributed by atoms with Crippen molar-refractivity contribution in [2.45, 2.75) is 13.5 Å². The highest BCUT2D eigenvalue weighted by Gasteiger charge is 2.16. The average Bonchev–Trinajstić information content (AvgIpc) is 2.95. The maximum Gasteiger partial charge on any atom is 0.231 e. The summed E-state index contributed by atoms with van der Waals surface area (Å²) in [5, 5.41) is 0. The summed E-state index contributed by atoms with van der Waals surface area (Å²) in [6, 6.07) is 5.56. The fourth-order valence-corrected chi connectivity index (χ4v) is 1.59. The molecule has 1 aromatic rings. The van der Waals surface area contributed by atoms with E-state index in [-0.39, 0.29) is 18.7 Å². The van der Waals surface area contributed by atoms with Gasteiger partial charge < -0.3 is 26.7 Å². The van der Waals surface area contributed by atoms with Crippen LogP contribution in [0.4, 0.5) is 0 Å². The lowest BCUT2D eigenvalue weighted by Crippen LogP contribution is -2.26. The van der Waals surface area contributed by atoms with E-state index in [4.69, 9.17) is 26.7 Å². The number of hydrogen-bond acceptors (Lipinski definition) is 3. The van der Waals surface area contributed by atoms with Gasteiger partial charge in [-0.2, -0.15) is 4.99 Å². The van der Waals surface area contributed by atoms with E-state index in [1.54, 1.807) is 6.08 Å². The quantitative estimate of drug-likeness (QED) is 0.441. The first-order valence-corrected chi connectivity index (χ1v) is 6.59. The molecule has 1 aliphatic rings. The van der Waals surface area contributed by atoms with Gasteiger partial charge in [0.1, 0.15) is 0 Å². The van der Waals surface area contributed by atoms with Gasteiger partial charge in [0.15, 0.2) is 17.5 Å². The SMILES string of the molecule is C=C/C=C\C.NC(N)=NC(N)=NCc1cccc2c1OCO2. The second kappa shape index (κ2) is 9.06. The van der Waals surface area contributed by atoms with E-state index in [0.29, 0.717) is 18.0 Å². The molecule has 1 aliphatic heterocycles. The van der Waals surface area contributed by atoms with Crippen LogP contribution in [0.1, 0.15) is 12.5 Å². The minimum Gasteiger partial charge on any atom is -0.454 e. The zero-order valence-electron chi connectivity index (χ0n) is 12.5.